The van der Waals surface area contributed by atoms with Crippen molar-refractivity contribution in [1.29, 1.82) is 0 Å². The summed E-state index contributed by atoms with van der Waals surface area (Å²) in [6.45, 7) is 3.66. The van der Waals surface area contributed by atoms with Crippen molar-refractivity contribution in [1.82, 2.24) is 0 Å². The largest absolute Gasteiger partial charge is 0.494 e. The molecule has 122 valence electrons. The van der Waals surface area contributed by atoms with Gasteiger partial charge in [-0.3, -0.25) is 0 Å². The van der Waals surface area contributed by atoms with Crippen molar-refractivity contribution in [2.75, 3.05) is 13.2 Å². The van der Waals surface area contributed by atoms with E-state index in [1.54, 1.807) is 0 Å². The van der Waals surface area contributed by atoms with Crippen LogP contribution >= 0.6 is 0 Å². The van der Waals surface area contributed by atoms with Crippen LogP contribution in [0.2, 0.25) is 0 Å². The van der Waals surface area contributed by atoms with Gasteiger partial charge in [-0.25, -0.2) is 0 Å². The molecule has 0 saturated carbocycles. The summed E-state index contributed by atoms with van der Waals surface area (Å²) in [7, 11) is 0. The second-order valence-electron chi connectivity index (χ2n) is 6.87. The number of hydrogen-bond acceptors (Lipinski definition) is 2. The third kappa shape index (κ3) is 3.76. The Bertz CT molecular complexity index is 638. The summed E-state index contributed by atoms with van der Waals surface area (Å²) in [6.07, 6.45) is 5.76. The predicted molar refractivity (Wildman–Crippen MR) is 96.0 cm³/mol. The van der Waals surface area contributed by atoms with Crippen molar-refractivity contribution in [3.63, 3.8) is 0 Å². The number of rotatable bonds is 7. The molecule has 0 saturated heterocycles. The molecule has 0 aromatic heterocycles. The van der Waals surface area contributed by atoms with Gasteiger partial charge in [0.1, 0.15) is 5.75 Å². The summed E-state index contributed by atoms with van der Waals surface area (Å²) in [4.78, 5) is 0. The van der Waals surface area contributed by atoms with Gasteiger partial charge in [-0.1, -0.05) is 43.3 Å². The Morgan fingerprint density at radius 1 is 1.04 bits per heavy atom. The molecule has 2 nitrogen and oxygen atoms in total. The molecule has 0 amide bonds. The molecule has 0 aliphatic heterocycles. The first-order valence-electron chi connectivity index (χ1n) is 8.71. The molecule has 1 aliphatic carbocycles. The van der Waals surface area contributed by atoms with Gasteiger partial charge < -0.3 is 10.5 Å². The zero-order chi connectivity index (χ0) is 16.1. The van der Waals surface area contributed by atoms with Crippen LogP contribution in [0.3, 0.4) is 0 Å². The average molecular weight is 309 g/mol. The second kappa shape index (κ2) is 7.18. The Kier molecular flexibility index (Phi) is 5.02. The fraction of sp³-hybridized carbons (Fsp3) is 0.429. The summed E-state index contributed by atoms with van der Waals surface area (Å²) in [6, 6.07) is 17.1. The van der Waals surface area contributed by atoms with Crippen LogP contribution in [0, 0.1) is 0 Å². The zero-order valence-electron chi connectivity index (χ0n) is 14.1. The smallest absolute Gasteiger partial charge is 0.119 e. The summed E-state index contributed by atoms with van der Waals surface area (Å²) in [5, 5.41) is 0. The SMILES string of the molecule is CC(CN)(CCCOc1ccc2c(c1)CCC2)c1ccccc1. The maximum absolute atomic E-state index is 6.05. The molecule has 0 heterocycles. The van der Waals surface area contributed by atoms with E-state index in [4.69, 9.17) is 10.5 Å². The summed E-state index contributed by atoms with van der Waals surface area (Å²) in [5.41, 5.74) is 10.4. The van der Waals surface area contributed by atoms with Gasteiger partial charge in [0, 0.05) is 12.0 Å². The molecule has 2 heteroatoms. The quantitative estimate of drug-likeness (QED) is 0.776. The molecule has 3 rings (SSSR count). The Morgan fingerprint density at radius 2 is 1.83 bits per heavy atom. The van der Waals surface area contributed by atoms with Crippen LogP contribution in [0.15, 0.2) is 48.5 Å². The lowest BCUT2D eigenvalue weighted by molar-refractivity contribution is 0.285. The van der Waals surface area contributed by atoms with Gasteiger partial charge in [0.15, 0.2) is 0 Å². The maximum Gasteiger partial charge on any atom is 0.119 e. The van der Waals surface area contributed by atoms with Gasteiger partial charge in [0.05, 0.1) is 6.61 Å². The first-order chi connectivity index (χ1) is 11.2. The lowest BCUT2D eigenvalue weighted by Crippen LogP contribution is -2.32. The summed E-state index contributed by atoms with van der Waals surface area (Å²) >= 11 is 0. The van der Waals surface area contributed by atoms with Crippen LogP contribution in [0.25, 0.3) is 0 Å². The molecule has 0 radical (unpaired) electrons. The van der Waals surface area contributed by atoms with Gasteiger partial charge >= 0.3 is 0 Å². The molecule has 0 fully saturated rings. The minimum Gasteiger partial charge on any atom is -0.494 e. The Labute approximate surface area is 139 Å². The fourth-order valence-corrected chi connectivity index (χ4v) is 3.50. The molecule has 1 unspecified atom stereocenters. The monoisotopic (exact) mass is 309 g/mol. The molecule has 1 atom stereocenters. The normalized spacial score (nSPS) is 15.9. The van der Waals surface area contributed by atoms with Gasteiger partial charge in [0.25, 0.3) is 0 Å². The fourth-order valence-electron chi connectivity index (χ4n) is 3.50. The van der Waals surface area contributed by atoms with Crippen LogP contribution in [0.4, 0.5) is 0 Å². The lowest BCUT2D eigenvalue weighted by Gasteiger charge is -2.28. The van der Waals surface area contributed by atoms with Crippen molar-refractivity contribution < 1.29 is 4.74 Å². The maximum atomic E-state index is 6.05. The van der Waals surface area contributed by atoms with E-state index in [9.17, 15) is 0 Å². The number of fused-ring (bicyclic) bond motifs is 1. The highest BCUT2D eigenvalue weighted by atomic mass is 16.5. The van der Waals surface area contributed by atoms with Crippen LogP contribution in [-0.4, -0.2) is 13.2 Å². The van der Waals surface area contributed by atoms with Gasteiger partial charge in [0.2, 0.25) is 0 Å². The molecular formula is C21H27NO. The van der Waals surface area contributed by atoms with Gasteiger partial charge in [-0.2, -0.15) is 0 Å². The molecule has 2 N–H and O–H groups in total. The predicted octanol–water partition coefficient (Wildman–Crippen LogP) is 4.25. The van der Waals surface area contributed by atoms with Crippen molar-refractivity contribution in [2.24, 2.45) is 5.73 Å². The van der Waals surface area contributed by atoms with Gasteiger partial charge in [-0.05, 0) is 60.9 Å². The van der Waals surface area contributed by atoms with Crippen LogP contribution in [0.1, 0.15) is 42.9 Å². The lowest BCUT2D eigenvalue weighted by atomic mass is 9.79. The van der Waals surface area contributed by atoms with E-state index in [-0.39, 0.29) is 5.41 Å². The number of nitrogens with two attached hydrogens (primary N) is 1. The molecule has 0 spiro atoms. The number of hydrogen-bond donors (Lipinski definition) is 1. The van der Waals surface area contributed by atoms with E-state index in [1.165, 1.54) is 36.0 Å². The first-order valence-corrected chi connectivity index (χ1v) is 8.71. The van der Waals surface area contributed by atoms with Crippen LogP contribution in [0.5, 0.6) is 5.75 Å². The highest BCUT2D eigenvalue weighted by Crippen LogP contribution is 2.29. The number of benzene rings is 2. The molecule has 1 aliphatic rings. The van der Waals surface area contributed by atoms with Gasteiger partial charge in [-0.15, -0.1) is 0 Å². The van der Waals surface area contributed by atoms with E-state index in [2.05, 4.69) is 55.5 Å². The third-order valence-electron chi connectivity index (χ3n) is 5.13. The molecule has 0 bridgehead atoms. The summed E-state index contributed by atoms with van der Waals surface area (Å²) < 4.78 is 5.97. The minimum absolute atomic E-state index is 0.0303. The van der Waals surface area contributed by atoms with E-state index >= 15 is 0 Å². The molecule has 2 aromatic carbocycles. The van der Waals surface area contributed by atoms with Crippen molar-refractivity contribution in [3.8, 4) is 5.75 Å². The zero-order valence-corrected chi connectivity index (χ0v) is 14.1. The highest BCUT2D eigenvalue weighted by Gasteiger charge is 2.24. The van der Waals surface area contributed by atoms with Crippen LogP contribution < -0.4 is 10.5 Å². The Balaban J connectivity index is 1.52. The number of ether oxygens (including phenoxy) is 1. The molecular weight excluding hydrogens is 282 g/mol. The van der Waals surface area contributed by atoms with Crippen molar-refractivity contribution in [2.45, 2.75) is 44.4 Å². The standard InChI is InChI=1S/C21H27NO/c1-21(16-22,19-9-3-2-4-10-19)13-6-14-23-20-12-11-17-7-5-8-18(17)15-20/h2-4,9-12,15H,5-8,13-14,16,22H2,1H3. The first kappa shape index (κ1) is 16.1. The summed E-state index contributed by atoms with van der Waals surface area (Å²) in [5.74, 6) is 1.01. The molecule has 23 heavy (non-hydrogen) atoms. The topological polar surface area (TPSA) is 35.2 Å². The Morgan fingerprint density at radius 3 is 2.61 bits per heavy atom. The van der Waals surface area contributed by atoms with Crippen LogP contribution in [-0.2, 0) is 18.3 Å². The third-order valence-corrected chi connectivity index (χ3v) is 5.13. The van der Waals surface area contributed by atoms with E-state index in [0.29, 0.717) is 6.54 Å². The number of aryl methyl sites for hydroxylation is 2. The van der Waals surface area contributed by atoms with E-state index in [1.807, 2.05) is 0 Å². The van der Waals surface area contributed by atoms with E-state index < -0.39 is 0 Å². The molecule has 2 aromatic rings. The van der Waals surface area contributed by atoms with Crippen molar-refractivity contribution in [3.05, 3.63) is 65.2 Å². The second-order valence-corrected chi connectivity index (χ2v) is 6.87. The minimum atomic E-state index is 0.0303. The van der Waals surface area contributed by atoms with Crippen molar-refractivity contribution >= 4 is 0 Å². The highest BCUT2D eigenvalue weighted by molar-refractivity contribution is 5.38. The van der Waals surface area contributed by atoms with E-state index in [0.717, 1.165) is 25.2 Å². The average Bonchev–Trinajstić information content (AvgIpc) is 3.07. The Hall–Kier alpha value is -1.80.